The van der Waals surface area contributed by atoms with E-state index in [-0.39, 0.29) is 13.2 Å². The summed E-state index contributed by atoms with van der Waals surface area (Å²) in [7, 11) is 1.59. The zero-order chi connectivity index (χ0) is 27.7. The van der Waals surface area contributed by atoms with Crippen LogP contribution in [0.5, 0.6) is 5.75 Å². The van der Waals surface area contributed by atoms with E-state index in [1.54, 1.807) is 36.3 Å². The topological polar surface area (TPSA) is 86.7 Å². The fourth-order valence-corrected chi connectivity index (χ4v) is 5.25. The molecule has 0 saturated carbocycles. The van der Waals surface area contributed by atoms with E-state index in [1.165, 1.54) is 0 Å². The van der Waals surface area contributed by atoms with Crippen LogP contribution < -0.4 is 4.74 Å². The predicted molar refractivity (Wildman–Crippen MR) is 149 cm³/mol. The van der Waals surface area contributed by atoms with Crippen molar-refractivity contribution in [2.24, 2.45) is 0 Å². The van der Waals surface area contributed by atoms with Crippen molar-refractivity contribution in [1.29, 1.82) is 0 Å². The van der Waals surface area contributed by atoms with Crippen molar-refractivity contribution < 1.29 is 33.6 Å². The highest BCUT2D eigenvalue weighted by Gasteiger charge is 2.51. The first-order valence-electron chi connectivity index (χ1n) is 13.8. The lowest BCUT2D eigenvalue weighted by atomic mass is 9.97. The molecule has 2 aliphatic heterocycles. The Labute approximate surface area is 235 Å². The Morgan fingerprint density at radius 1 is 0.950 bits per heavy atom. The quantitative estimate of drug-likeness (QED) is 0.371. The Bertz CT molecular complexity index is 1180. The highest BCUT2D eigenvalue weighted by Crippen LogP contribution is 2.36. The maximum Gasteiger partial charge on any atom is 0.410 e. The van der Waals surface area contributed by atoms with E-state index < -0.39 is 36.7 Å². The molecule has 2 aliphatic rings. The minimum Gasteiger partial charge on any atom is -0.497 e. The van der Waals surface area contributed by atoms with Crippen LogP contribution in [0.15, 0.2) is 84.9 Å². The molecule has 1 amide bonds. The molecule has 212 valence electrons. The molecule has 0 radical (unpaired) electrons. The highest BCUT2D eigenvalue weighted by molar-refractivity contribution is 5.69. The number of carbonyl (C=O) groups excluding carboxylic acids is 1. The third kappa shape index (κ3) is 7.01. The second-order valence-electron chi connectivity index (χ2n) is 10.1. The van der Waals surface area contributed by atoms with Crippen LogP contribution in [0.1, 0.15) is 42.1 Å². The number of likely N-dealkylation sites (tertiary alicyclic amines) is 1. The third-order valence-corrected chi connectivity index (χ3v) is 7.41. The molecule has 1 N–H and O–H groups in total. The molecule has 2 saturated heterocycles. The number of amides is 1. The standard InChI is InChI=1S/C32H37NO7/c1-36-26-17-15-25(16-18-26)30(34)29-31(40-28-14-8-9-19-37-28)27(38-21-23-10-4-2-5-11-23)20-33(29)32(35)39-22-24-12-6-3-7-13-24/h2-7,10-13,15-18,27-31,34H,8-9,14,19-22H2,1H3/t27-,28?,29+,30-,31+/m0/s1. The molecule has 5 rings (SSSR count). The SMILES string of the molecule is COc1ccc([C@H](O)[C@@H]2[C@H](OC3CCCCO3)[C@@H](OCc3ccccc3)CN2C(=O)OCc2ccccc2)cc1. The summed E-state index contributed by atoms with van der Waals surface area (Å²) in [6.45, 7) is 1.28. The second kappa shape index (κ2) is 13.8. The van der Waals surface area contributed by atoms with Gasteiger partial charge in [0, 0.05) is 6.61 Å². The molecule has 5 atom stereocenters. The molecule has 3 aromatic carbocycles. The van der Waals surface area contributed by atoms with E-state index in [1.807, 2.05) is 60.7 Å². The van der Waals surface area contributed by atoms with E-state index in [2.05, 4.69) is 0 Å². The Hall–Kier alpha value is -3.43. The van der Waals surface area contributed by atoms with Crippen LogP contribution in [0.4, 0.5) is 4.79 Å². The molecule has 0 bridgehead atoms. The fourth-order valence-electron chi connectivity index (χ4n) is 5.25. The summed E-state index contributed by atoms with van der Waals surface area (Å²) >= 11 is 0. The molecular formula is C32H37NO7. The first-order chi connectivity index (χ1) is 19.6. The van der Waals surface area contributed by atoms with Gasteiger partial charge in [0.2, 0.25) is 0 Å². The smallest absolute Gasteiger partial charge is 0.410 e. The van der Waals surface area contributed by atoms with Crippen LogP contribution in [-0.2, 0) is 32.2 Å². The fraction of sp³-hybridized carbons (Fsp3) is 0.406. The number of rotatable bonds is 10. The number of carbonyl (C=O) groups is 1. The van der Waals surface area contributed by atoms with Crippen LogP contribution in [0.2, 0.25) is 0 Å². The first kappa shape index (κ1) is 28.1. The lowest BCUT2D eigenvalue weighted by Gasteiger charge is -2.34. The lowest BCUT2D eigenvalue weighted by molar-refractivity contribution is -0.215. The minimum absolute atomic E-state index is 0.119. The van der Waals surface area contributed by atoms with Crippen molar-refractivity contribution in [2.75, 3.05) is 20.3 Å². The van der Waals surface area contributed by atoms with Crippen molar-refractivity contribution in [3.63, 3.8) is 0 Å². The van der Waals surface area contributed by atoms with E-state index in [9.17, 15) is 9.90 Å². The molecule has 8 nitrogen and oxygen atoms in total. The maximum absolute atomic E-state index is 13.6. The number of aliphatic hydroxyl groups excluding tert-OH is 1. The zero-order valence-electron chi connectivity index (χ0n) is 22.8. The van der Waals surface area contributed by atoms with Crippen LogP contribution >= 0.6 is 0 Å². The largest absolute Gasteiger partial charge is 0.497 e. The van der Waals surface area contributed by atoms with E-state index >= 15 is 0 Å². The van der Waals surface area contributed by atoms with Crippen molar-refractivity contribution in [1.82, 2.24) is 4.90 Å². The Kier molecular flexibility index (Phi) is 9.67. The van der Waals surface area contributed by atoms with Gasteiger partial charge < -0.3 is 28.8 Å². The van der Waals surface area contributed by atoms with Gasteiger partial charge in [-0.15, -0.1) is 0 Å². The summed E-state index contributed by atoms with van der Waals surface area (Å²) < 4.78 is 29.8. The number of hydrogen-bond donors (Lipinski definition) is 1. The summed E-state index contributed by atoms with van der Waals surface area (Å²) in [5, 5.41) is 11.7. The average molecular weight is 548 g/mol. The van der Waals surface area contributed by atoms with Gasteiger partial charge in [0.1, 0.15) is 30.7 Å². The number of ether oxygens (including phenoxy) is 5. The first-order valence-corrected chi connectivity index (χ1v) is 13.8. The van der Waals surface area contributed by atoms with Crippen molar-refractivity contribution in [2.45, 2.75) is 63.1 Å². The van der Waals surface area contributed by atoms with Gasteiger partial charge in [-0.1, -0.05) is 72.8 Å². The number of aliphatic hydroxyl groups is 1. The normalized spacial score (nSPS) is 23.5. The zero-order valence-corrected chi connectivity index (χ0v) is 22.8. The maximum atomic E-state index is 13.6. The third-order valence-electron chi connectivity index (χ3n) is 7.41. The van der Waals surface area contributed by atoms with Gasteiger partial charge in [0.15, 0.2) is 6.29 Å². The van der Waals surface area contributed by atoms with Crippen molar-refractivity contribution in [3.05, 3.63) is 102 Å². The molecule has 2 heterocycles. The van der Waals surface area contributed by atoms with Gasteiger partial charge in [0.25, 0.3) is 0 Å². The Morgan fingerprint density at radius 2 is 1.62 bits per heavy atom. The van der Waals surface area contributed by atoms with Crippen LogP contribution in [-0.4, -0.2) is 60.9 Å². The summed E-state index contributed by atoms with van der Waals surface area (Å²) in [4.78, 5) is 15.1. The van der Waals surface area contributed by atoms with Gasteiger partial charge in [-0.3, -0.25) is 4.90 Å². The molecule has 3 aromatic rings. The van der Waals surface area contributed by atoms with E-state index in [4.69, 9.17) is 23.7 Å². The number of methoxy groups -OCH3 is 1. The molecule has 0 spiro atoms. The van der Waals surface area contributed by atoms with Gasteiger partial charge in [-0.25, -0.2) is 4.79 Å². The van der Waals surface area contributed by atoms with Gasteiger partial charge in [-0.05, 0) is 48.1 Å². The number of hydrogen-bond acceptors (Lipinski definition) is 7. The van der Waals surface area contributed by atoms with Gasteiger partial charge >= 0.3 is 6.09 Å². The number of benzene rings is 3. The van der Waals surface area contributed by atoms with Crippen LogP contribution in [0, 0.1) is 0 Å². The molecule has 8 heteroatoms. The molecule has 0 aliphatic carbocycles. The van der Waals surface area contributed by atoms with Crippen LogP contribution in [0.3, 0.4) is 0 Å². The van der Waals surface area contributed by atoms with Gasteiger partial charge in [-0.2, -0.15) is 0 Å². The lowest BCUT2D eigenvalue weighted by Crippen LogP contribution is -2.47. The Balaban J connectivity index is 1.42. The molecule has 40 heavy (non-hydrogen) atoms. The summed E-state index contributed by atoms with van der Waals surface area (Å²) in [6.07, 6.45) is -0.477. The summed E-state index contributed by atoms with van der Waals surface area (Å²) in [5.74, 6) is 0.675. The predicted octanol–water partition coefficient (Wildman–Crippen LogP) is 5.25. The molecular weight excluding hydrogens is 510 g/mol. The van der Waals surface area contributed by atoms with E-state index in [0.717, 1.165) is 30.4 Å². The Morgan fingerprint density at radius 3 is 2.25 bits per heavy atom. The van der Waals surface area contributed by atoms with Crippen LogP contribution in [0.25, 0.3) is 0 Å². The average Bonchev–Trinajstić information content (AvgIpc) is 3.37. The van der Waals surface area contributed by atoms with Crippen molar-refractivity contribution in [3.8, 4) is 5.75 Å². The highest BCUT2D eigenvalue weighted by atomic mass is 16.7. The van der Waals surface area contributed by atoms with E-state index in [0.29, 0.717) is 24.5 Å². The molecule has 1 unspecified atom stereocenters. The monoisotopic (exact) mass is 547 g/mol. The molecule has 2 fully saturated rings. The summed E-state index contributed by atoms with van der Waals surface area (Å²) in [6, 6.07) is 25.8. The summed E-state index contributed by atoms with van der Waals surface area (Å²) in [5.41, 5.74) is 2.52. The number of nitrogens with zero attached hydrogens (tertiary/aromatic N) is 1. The second-order valence-corrected chi connectivity index (χ2v) is 10.1. The van der Waals surface area contributed by atoms with Gasteiger partial charge in [0.05, 0.1) is 26.3 Å². The van der Waals surface area contributed by atoms with Crippen molar-refractivity contribution >= 4 is 6.09 Å². The minimum atomic E-state index is -1.06. The molecule has 0 aromatic heterocycles.